The molecule has 0 aliphatic carbocycles. The second-order valence-electron chi connectivity index (χ2n) is 4.30. The van der Waals surface area contributed by atoms with Gasteiger partial charge in [-0.15, -0.1) is 0 Å². The van der Waals surface area contributed by atoms with Crippen molar-refractivity contribution in [2.75, 3.05) is 0 Å². The molecule has 0 saturated heterocycles. The van der Waals surface area contributed by atoms with E-state index >= 15 is 0 Å². The average molecular weight is 283 g/mol. The molecule has 0 aliphatic rings. The molecule has 0 amide bonds. The van der Waals surface area contributed by atoms with Crippen LogP contribution in [0.1, 0.15) is 5.56 Å². The van der Waals surface area contributed by atoms with Crippen molar-refractivity contribution in [3.63, 3.8) is 0 Å². The van der Waals surface area contributed by atoms with Gasteiger partial charge in [-0.2, -0.15) is 0 Å². The summed E-state index contributed by atoms with van der Waals surface area (Å²) in [7, 11) is 0. The summed E-state index contributed by atoms with van der Waals surface area (Å²) >= 11 is 1.56. The van der Waals surface area contributed by atoms with Gasteiger partial charge < -0.3 is 15.9 Å². The molecule has 100 valence electrons. The lowest BCUT2D eigenvalue weighted by Crippen LogP contribution is -2.13. The molecule has 0 aliphatic heterocycles. The van der Waals surface area contributed by atoms with E-state index in [0.29, 0.717) is 0 Å². The Hall–Kier alpha value is -2.40. The number of nitrogens with two attached hydrogens (primary N) is 1. The van der Waals surface area contributed by atoms with Gasteiger partial charge in [0.05, 0.1) is 5.03 Å². The van der Waals surface area contributed by atoms with Crippen LogP contribution in [0.5, 0.6) is 0 Å². The second-order valence-corrected chi connectivity index (χ2v) is 5.39. The van der Waals surface area contributed by atoms with Crippen LogP contribution in [-0.4, -0.2) is 16.0 Å². The van der Waals surface area contributed by atoms with E-state index < -0.39 is 0 Å². The molecule has 0 unspecified atom stereocenters. The number of nitrogens with one attached hydrogen (secondary N) is 1. The lowest BCUT2D eigenvalue weighted by Gasteiger charge is -2.06. The molecule has 0 bridgehead atoms. The van der Waals surface area contributed by atoms with Gasteiger partial charge in [0, 0.05) is 21.4 Å². The maximum Gasteiger partial charge on any atom is 0.171 e. The van der Waals surface area contributed by atoms with Crippen molar-refractivity contribution in [3.05, 3.63) is 60.2 Å². The lowest BCUT2D eigenvalue weighted by molar-refractivity contribution is 0.318. The third-order valence-corrected chi connectivity index (χ3v) is 4.01. The number of aromatic amines is 1. The van der Waals surface area contributed by atoms with Crippen LogP contribution >= 0.6 is 11.8 Å². The smallest absolute Gasteiger partial charge is 0.171 e. The van der Waals surface area contributed by atoms with Crippen LogP contribution in [0.2, 0.25) is 0 Å². The van der Waals surface area contributed by atoms with E-state index in [2.05, 4.69) is 22.3 Å². The van der Waals surface area contributed by atoms with Crippen LogP contribution < -0.4 is 5.73 Å². The first-order chi connectivity index (χ1) is 9.78. The van der Waals surface area contributed by atoms with Gasteiger partial charge in [0.15, 0.2) is 5.84 Å². The molecule has 5 heteroatoms. The number of aromatic nitrogens is 1. The van der Waals surface area contributed by atoms with E-state index in [1.54, 1.807) is 11.8 Å². The third-order valence-electron chi connectivity index (χ3n) is 3.00. The molecule has 4 N–H and O–H groups in total. The largest absolute Gasteiger partial charge is 0.409 e. The molecule has 1 heterocycles. The Labute approximate surface area is 120 Å². The maximum atomic E-state index is 8.84. The number of nitrogens with zero attached hydrogens (tertiary/aromatic N) is 1. The number of amidine groups is 1. The summed E-state index contributed by atoms with van der Waals surface area (Å²) in [5.41, 5.74) is 7.52. The number of oxime groups is 1. The number of rotatable bonds is 3. The minimum Gasteiger partial charge on any atom is -0.409 e. The quantitative estimate of drug-likeness (QED) is 0.298. The van der Waals surface area contributed by atoms with E-state index in [1.807, 2.05) is 42.5 Å². The van der Waals surface area contributed by atoms with Crippen molar-refractivity contribution in [2.45, 2.75) is 9.92 Å². The molecular formula is C15H13N3OS. The third kappa shape index (κ3) is 2.35. The summed E-state index contributed by atoms with van der Waals surface area (Å²) in [5, 5.41) is 14.1. The molecule has 0 spiro atoms. The number of H-pyrrole nitrogens is 1. The number of hydrogen-bond acceptors (Lipinski definition) is 3. The van der Waals surface area contributed by atoms with Gasteiger partial charge in [-0.3, -0.25) is 0 Å². The minimum absolute atomic E-state index is 0.115. The van der Waals surface area contributed by atoms with Crippen LogP contribution in [0.3, 0.4) is 0 Å². The molecule has 3 rings (SSSR count). The highest BCUT2D eigenvalue weighted by atomic mass is 32.2. The average Bonchev–Trinajstić information content (AvgIpc) is 2.89. The standard InChI is InChI=1S/C15H13N3OS/c16-15(18-19)11-6-2-4-8-13(11)20-14-9-10-5-1-3-7-12(10)17-14/h1-9,17,19H,(H2,16,18). The molecule has 0 radical (unpaired) electrons. The van der Waals surface area contributed by atoms with Crippen LogP contribution in [-0.2, 0) is 0 Å². The fourth-order valence-corrected chi connectivity index (χ4v) is 3.05. The Morgan fingerprint density at radius 1 is 1.10 bits per heavy atom. The van der Waals surface area contributed by atoms with Crippen LogP contribution in [0.25, 0.3) is 10.9 Å². The minimum atomic E-state index is 0.115. The van der Waals surface area contributed by atoms with Gasteiger partial charge in [0.1, 0.15) is 0 Å². The van der Waals surface area contributed by atoms with E-state index in [9.17, 15) is 0 Å². The molecular weight excluding hydrogens is 270 g/mol. The Bertz CT molecular complexity index is 746. The SMILES string of the molecule is N/C(=N/O)c1ccccc1Sc1cc2ccccc2[nH]1. The molecule has 0 fully saturated rings. The Kier molecular flexibility index (Phi) is 3.35. The first kappa shape index (κ1) is 12.6. The van der Waals surface area contributed by atoms with Gasteiger partial charge >= 0.3 is 0 Å². The van der Waals surface area contributed by atoms with E-state index in [4.69, 9.17) is 10.9 Å². The van der Waals surface area contributed by atoms with Crippen LogP contribution in [0, 0.1) is 0 Å². The number of benzene rings is 2. The lowest BCUT2D eigenvalue weighted by atomic mass is 10.2. The van der Waals surface area contributed by atoms with Crippen molar-refractivity contribution in [1.82, 2.24) is 4.98 Å². The molecule has 2 aromatic carbocycles. The summed E-state index contributed by atoms with van der Waals surface area (Å²) in [6.07, 6.45) is 0. The van der Waals surface area contributed by atoms with Gasteiger partial charge in [0.2, 0.25) is 0 Å². The predicted molar refractivity (Wildman–Crippen MR) is 81.4 cm³/mol. The van der Waals surface area contributed by atoms with Crippen molar-refractivity contribution >= 4 is 28.5 Å². The molecule has 0 saturated carbocycles. The highest BCUT2D eigenvalue weighted by molar-refractivity contribution is 7.99. The highest BCUT2D eigenvalue weighted by Crippen LogP contribution is 2.31. The van der Waals surface area contributed by atoms with E-state index in [1.165, 1.54) is 0 Å². The number of fused-ring (bicyclic) bond motifs is 1. The van der Waals surface area contributed by atoms with Crippen LogP contribution in [0.15, 0.2) is 69.7 Å². The summed E-state index contributed by atoms with van der Waals surface area (Å²) in [6, 6.07) is 17.8. The fourth-order valence-electron chi connectivity index (χ4n) is 2.04. The molecule has 3 aromatic rings. The van der Waals surface area contributed by atoms with Gasteiger partial charge in [-0.25, -0.2) is 0 Å². The zero-order chi connectivity index (χ0) is 13.9. The number of hydrogen-bond donors (Lipinski definition) is 3. The van der Waals surface area contributed by atoms with Gasteiger partial charge in [0.25, 0.3) is 0 Å². The second kappa shape index (κ2) is 5.30. The maximum absolute atomic E-state index is 8.84. The summed E-state index contributed by atoms with van der Waals surface area (Å²) in [5.74, 6) is 0.115. The zero-order valence-electron chi connectivity index (χ0n) is 10.6. The summed E-state index contributed by atoms with van der Waals surface area (Å²) in [6.45, 7) is 0. The van der Waals surface area contributed by atoms with Gasteiger partial charge in [-0.05, 0) is 18.2 Å². The van der Waals surface area contributed by atoms with Gasteiger partial charge in [-0.1, -0.05) is 53.3 Å². The first-order valence-electron chi connectivity index (χ1n) is 6.10. The Morgan fingerprint density at radius 2 is 1.85 bits per heavy atom. The summed E-state index contributed by atoms with van der Waals surface area (Å²) in [4.78, 5) is 4.29. The van der Waals surface area contributed by atoms with Crippen molar-refractivity contribution < 1.29 is 5.21 Å². The molecule has 1 aromatic heterocycles. The Balaban J connectivity index is 1.99. The molecule has 20 heavy (non-hydrogen) atoms. The predicted octanol–water partition coefficient (Wildman–Crippen LogP) is 3.41. The van der Waals surface area contributed by atoms with E-state index in [0.717, 1.165) is 26.4 Å². The van der Waals surface area contributed by atoms with E-state index in [-0.39, 0.29) is 5.84 Å². The fraction of sp³-hybridized carbons (Fsp3) is 0. The van der Waals surface area contributed by atoms with Crippen LogP contribution in [0.4, 0.5) is 0 Å². The Morgan fingerprint density at radius 3 is 2.65 bits per heavy atom. The number of para-hydroxylation sites is 1. The van der Waals surface area contributed by atoms with Crippen molar-refractivity contribution in [2.24, 2.45) is 10.9 Å². The zero-order valence-corrected chi connectivity index (χ0v) is 11.4. The van der Waals surface area contributed by atoms with Crippen molar-refractivity contribution in [1.29, 1.82) is 0 Å². The normalized spacial score (nSPS) is 11.9. The topological polar surface area (TPSA) is 74.4 Å². The highest BCUT2D eigenvalue weighted by Gasteiger charge is 2.09. The van der Waals surface area contributed by atoms with Crippen molar-refractivity contribution in [3.8, 4) is 0 Å². The molecule has 0 atom stereocenters. The summed E-state index contributed by atoms with van der Waals surface area (Å²) < 4.78 is 0. The first-order valence-corrected chi connectivity index (χ1v) is 6.92. The molecule has 4 nitrogen and oxygen atoms in total. The monoisotopic (exact) mass is 283 g/mol.